The molecule has 2 aliphatic rings. The summed E-state index contributed by atoms with van der Waals surface area (Å²) in [6.45, 7) is 0.974. The van der Waals surface area contributed by atoms with Gasteiger partial charge >= 0.3 is 0 Å². The summed E-state index contributed by atoms with van der Waals surface area (Å²) >= 11 is 0. The average molecular weight is 401 g/mol. The zero-order valence-corrected chi connectivity index (χ0v) is 16.9. The third kappa shape index (κ3) is 3.03. The molecule has 6 heteroatoms. The number of benzene rings is 2. The Bertz CT molecular complexity index is 1230. The minimum absolute atomic E-state index is 0.108. The van der Waals surface area contributed by atoms with Crippen molar-refractivity contribution < 1.29 is 9.59 Å². The summed E-state index contributed by atoms with van der Waals surface area (Å²) in [6.07, 6.45) is 3.60. The van der Waals surface area contributed by atoms with Crippen LogP contribution in [-0.4, -0.2) is 39.5 Å². The Morgan fingerprint density at radius 3 is 2.63 bits per heavy atom. The van der Waals surface area contributed by atoms with E-state index in [4.69, 9.17) is 0 Å². The predicted octanol–water partition coefficient (Wildman–Crippen LogP) is 2.77. The number of aryl methyl sites for hydroxylation is 3. The van der Waals surface area contributed by atoms with Crippen molar-refractivity contribution in [3.63, 3.8) is 0 Å². The van der Waals surface area contributed by atoms with Crippen LogP contribution in [0, 0.1) is 5.92 Å². The lowest BCUT2D eigenvalue weighted by molar-refractivity contribution is 0.0630. The van der Waals surface area contributed by atoms with Gasteiger partial charge in [-0.3, -0.25) is 14.4 Å². The quantitative estimate of drug-likeness (QED) is 0.633. The molecule has 2 aromatic carbocycles. The average Bonchev–Trinajstić information content (AvgIpc) is 3.20. The maximum absolute atomic E-state index is 13.5. The van der Waals surface area contributed by atoms with E-state index in [-0.39, 0.29) is 28.9 Å². The second-order valence-electron chi connectivity index (χ2n) is 8.25. The van der Waals surface area contributed by atoms with Gasteiger partial charge < -0.3 is 4.90 Å². The third-order valence-corrected chi connectivity index (χ3v) is 6.40. The van der Waals surface area contributed by atoms with E-state index in [1.165, 1.54) is 35.7 Å². The second kappa shape index (κ2) is 7.20. The Hall–Kier alpha value is -3.28. The molecule has 0 unspecified atom stereocenters. The maximum atomic E-state index is 13.5. The topological polar surface area (TPSA) is 72.3 Å². The molecule has 1 aromatic heterocycles. The van der Waals surface area contributed by atoms with Gasteiger partial charge in [0, 0.05) is 37.7 Å². The zero-order chi connectivity index (χ0) is 20.8. The van der Waals surface area contributed by atoms with E-state index in [1.54, 1.807) is 4.90 Å². The van der Waals surface area contributed by atoms with Crippen molar-refractivity contribution in [2.75, 3.05) is 13.1 Å². The highest BCUT2D eigenvalue weighted by atomic mass is 16.2. The van der Waals surface area contributed by atoms with Gasteiger partial charge in [0.05, 0.1) is 0 Å². The number of piperidine rings is 1. The number of nitrogens with zero attached hydrogens (tertiary/aromatic N) is 3. The summed E-state index contributed by atoms with van der Waals surface area (Å²) < 4.78 is 1.16. The van der Waals surface area contributed by atoms with Gasteiger partial charge in [-0.1, -0.05) is 30.3 Å². The fraction of sp³-hybridized carbons (Fsp3) is 0.333. The molecular weight excluding hydrogens is 378 g/mol. The van der Waals surface area contributed by atoms with E-state index in [0.29, 0.717) is 13.1 Å². The minimum Gasteiger partial charge on any atom is -0.337 e. The molecule has 2 heterocycles. The van der Waals surface area contributed by atoms with Crippen molar-refractivity contribution in [1.82, 2.24) is 14.7 Å². The first-order chi connectivity index (χ1) is 14.5. The number of hydrogen-bond donors (Lipinski definition) is 0. The lowest BCUT2D eigenvalue weighted by Crippen LogP contribution is -2.43. The van der Waals surface area contributed by atoms with E-state index < -0.39 is 0 Å². The van der Waals surface area contributed by atoms with Crippen LogP contribution in [0.25, 0.3) is 10.8 Å². The molecular formula is C24H23N3O3. The van der Waals surface area contributed by atoms with E-state index in [0.717, 1.165) is 41.3 Å². The lowest BCUT2D eigenvalue weighted by atomic mass is 9.87. The Morgan fingerprint density at radius 2 is 1.83 bits per heavy atom. The monoisotopic (exact) mass is 401 g/mol. The van der Waals surface area contributed by atoms with Crippen LogP contribution in [0.3, 0.4) is 0 Å². The van der Waals surface area contributed by atoms with Gasteiger partial charge in [-0.05, 0) is 53.6 Å². The molecule has 6 nitrogen and oxygen atoms in total. The number of aromatic nitrogens is 2. The van der Waals surface area contributed by atoms with Crippen molar-refractivity contribution in [2.45, 2.75) is 25.7 Å². The molecule has 0 radical (unpaired) electrons. The molecule has 1 atom stereocenters. The number of hydrogen-bond acceptors (Lipinski definition) is 4. The normalized spacial score (nSPS) is 18.0. The van der Waals surface area contributed by atoms with E-state index >= 15 is 0 Å². The van der Waals surface area contributed by atoms with Crippen LogP contribution in [0.5, 0.6) is 0 Å². The van der Waals surface area contributed by atoms with Crippen LogP contribution in [0.2, 0.25) is 0 Å². The fourth-order valence-electron chi connectivity index (χ4n) is 4.84. The van der Waals surface area contributed by atoms with E-state index in [2.05, 4.69) is 17.2 Å². The molecule has 5 rings (SSSR count). The predicted molar refractivity (Wildman–Crippen MR) is 114 cm³/mol. The Balaban J connectivity index is 1.42. The molecule has 0 saturated carbocycles. The van der Waals surface area contributed by atoms with Crippen molar-refractivity contribution in [2.24, 2.45) is 13.0 Å². The van der Waals surface area contributed by atoms with Crippen LogP contribution < -0.4 is 5.56 Å². The SMILES string of the molecule is Cn1nc(C(=O)N2CCC[C@@H](C(=O)c3ccc4c5c(cccc35)CC4)C2)ccc1=O. The summed E-state index contributed by atoms with van der Waals surface area (Å²) in [5.41, 5.74) is 3.37. The molecule has 0 N–H and O–H groups in total. The van der Waals surface area contributed by atoms with Gasteiger partial charge in [0.15, 0.2) is 5.78 Å². The standard InChI is InChI=1S/C24H23N3O3/c1-26-21(28)12-11-20(25-26)24(30)27-13-3-5-17(14-27)23(29)19-10-9-16-8-7-15-4-2-6-18(19)22(15)16/h2,4,6,9-12,17H,3,5,7-8,13-14H2,1H3/t17-/m1/s1. The highest BCUT2D eigenvalue weighted by Crippen LogP contribution is 2.34. The summed E-state index contributed by atoms with van der Waals surface area (Å²) in [4.78, 5) is 39.6. The van der Waals surface area contributed by atoms with Crippen LogP contribution in [-0.2, 0) is 19.9 Å². The minimum atomic E-state index is -0.259. The van der Waals surface area contributed by atoms with Crippen molar-refractivity contribution >= 4 is 22.5 Å². The highest BCUT2D eigenvalue weighted by molar-refractivity contribution is 6.11. The maximum Gasteiger partial charge on any atom is 0.274 e. The summed E-state index contributed by atoms with van der Waals surface area (Å²) in [7, 11) is 1.53. The number of carbonyl (C=O) groups is 2. The van der Waals surface area contributed by atoms with Gasteiger partial charge in [-0.15, -0.1) is 0 Å². The molecule has 152 valence electrons. The number of likely N-dealkylation sites (tertiary alicyclic amines) is 1. The van der Waals surface area contributed by atoms with Crippen LogP contribution in [0.4, 0.5) is 0 Å². The van der Waals surface area contributed by atoms with Crippen molar-refractivity contribution in [3.05, 3.63) is 75.2 Å². The first-order valence-corrected chi connectivity index (χ1v) is 10.4. The summed E-state index contributed by atoms with van der Waals surface area (Å²) in [5.74, 6) is -0.353. The van der Waals surface area contributed by atoms with E-state index in [9.17, 15) is 14.4 Å². The number of carbonyl (C=O) groups excluding carboxylic acids is 2. The summed E-state index contributed by atoms with van der Waals surface area (Å²) in [5, 5.41) is 6.35. The van der Waals surface area contributed by atoms with Crippen molar-refractivity contribution in [1.29, 1.82) is 0 Å². The van der Waals surface area contributed by atoms with Gasteiger partial charge in [0.2, 0.25) is 0 Å². The Morgan fingerprint density at radius 1 is 1.03 bits per heavy atom. The third-order valence-electron chi connectivity index (χ3n) is 6.40. The number of amides is 1. The fourth-order valence-corrected chi connectivity index (χ4v) is 4.84. The van der Waals surface area contributed by atoms with Gasteiger partial charge in [-0.25, -0.2) is 4.68 Å². The van der Waals surface area contributed by atoms with Gasteiger partial charge in [0.25, 0.3) is 11.5 Å². The molecule has 1 fully saturated rings. The number of rotatable bonds is 3. The van der Waals surface area contributed by atoms with Gasteiger partial charge in [0.1, 0.15) is 5.69 Å². The molecule has 30 heavy (non-hydrogen) atoms. The number of ketones is 1. The highest BCUT2D eigenvalue weighted by Gasteiger charge is 2.31. The Kier molecular flexibility index (Phi) is 4.50. The lowest BCUT2D eigenvalue weighted by Gasteiger charge is -2.32. The van der Waals surface area contributed by atoms with Crippen LogP contribution in [0.1, 0.15) is 44.8 Å². The molecule has 1 saturated heterocycles. The largest absolute Gasteiger partial charge is 0.337 e. The second-order valence-corrected chi connectivity index (χ2v) is 8.25. The van der Waals surface area contributed by atoms with E-state index in [1.807, 2.05) is 18.2 Å². The molecule has 1 aliphatic heterocycles. The molecule has 1 aliphatic carbocycles. The van der Waals surface area contributed by atoms with Crippen molar-refractivity contribution in [3.8, 4) is 0 Å². The zero-order valence-electron chi connectivity index (χ0n) is 16.9. The molecule has 1 amide bonds. The smallest absolute Gasteiger partial charge is 0.274 e. The first-order valence-electron chi connectivity index (χ1n) is 10.4. The molecule has 0 spiro atoms. The molecule has 3 aromatic rings. The molecule has 0 bridgehead atoms. The number of Topliss-reactive ketones (excluding diaryl/α,β-unsaturated/α-hetero) is 1. The van der Waals surface area contributed by atoms with Gasteiger partial charge in [-0.2, -0.15) is 5.10 Å². The Labute approximate surface area is 174 Å². The van der Waals surface area contributed by atoms with Crippen LogP contribution in [0.15, 0.2) is 47.3 Å². The first kappa shape index (κ1) is 18.7. The summed E-state index contributed by atoms with van der Waals surface area (Å²) in [6, 6.07) is 13.1. The van der Waals surface area contributed by atoms with Crippen LogP contribution >= 0.6 is 0 Å².